The van der Waals surface area contributed by atoms with Crippen LogP contribution in [0.1, 0.15) is 52.9 Å². The Labute approximate surface area is 132 Å². The molecule has 1 aliphatic carbocycles. The molecule has 2 amide bonds. The maximum atomic E-state index is 12.2. The molecule has 1 unspecified atom stereocenters. The molecule has 0 aromatic heterocycles. The van der Waals surface area contributed by atoms with Crippen molar-refractivity contribution in [3.8, 4) is 6.07 Å². The second kappa shape index (κ2) is 8.62. The van der Waals surface area contributed by atoms with Crippen molar-refractivity contribution in [3.63, 3.8) is 0 Å². The van der Waals surface area contributed by atoms with Gasteiger partial charge in [0.05, 0.1) is 12.0 Å². The number of alkyl carbamates (subject to hydrolysis) is 1. The highest BCUT2D eigenvalue weighted by Crippen LogP contribution is 2.30. The van der Waals surface area contributed by atoms with E-state index in [0.29, 0.717) is 0 Å². The van der Waals surface area contributed by atoms with Gasteiger partial charge in [0, 0.05) is 5.54 Å². The van der Waals surface area contributed by atoms with Gasteiger partial charge in [0.15, 0.2) is 0 Å². The molecular formula is C16H27N3O3. The minimum absolute atomic E-state index is 0.0176. The van der Waals surface area contributed by atoms with Gasteiger partial charge in [-0.3, -0.25) is 4.79 Å². The van der Waals surface area contributed by atoms with Crippen molar-refractivity contribution in [2.45, 2.75) is 58.4 Å². The summed E-state index contributed by atoms with van der Waals surface area (Å²) in [5.74, 6) is -0.355. The molecule has 0 aromatic carbocycles. The van der Waals surface area contributed by atoms with Crippen LogP contribution in [0.3, 0.4) is 0 Å². The van der Waals surface area contributed by atoms with Gasteiger partial charge in [-0.15, -0.1) is 0 Å². The Bertz CT molecular complexity index is 417. The van der Waals surface area contributed by atoms with Crippen LogP contribution in [0.2, 0.25) is 0 Å². The van der Waals surface area contributed by atoms with Gasteiger partial charge in [0.1, 0.15) is 13.2 Å². The highest BCUT2D eigenvalue weighted by atomic mass is 16.5. The van der Waals surface area contributed by atoms with Gasteiger partial charge in [-0.25, -0.2) is 4.79 Å². The van der Waals surface area contributed by atoms with Gasteiger partial charge < -0.3 is 15.4 Å². The number of hydrogen-bond acceptors (Lipinski definition) is 4. The molecule has 6 nitrogen and oxygen atoms in total. The number of ether oxygens (including phenoxy) is 1. The standard InChI is InChI=1S/C16H27N3O3/c1-16(2,3)19-15(21)22-11-13(14(20)18-10-9-17)12-7-5-4-6-8-12/h12-13H,4-8,10-11H2,1-3H3,(H,18,20)(H,19,21). The maximum absolute atomic E-state index is 12.2. The normalized spacial score (nSPS) is 17.2. The predicted octanol–water partition coefficient (Wildman–Crippen LogP) is 2.35. The number of amides is 2. The van der Waals surface area contributed by atoms with Gasteiger partial charge in [-0.05, 0) is 39.5 Å². The Balaban J connectivity index is 2.59. The number of carbonyl (C=O) groups excluding carboxylic acids is 2. The van der Waals surface area contributed by atoms with E-state index in [-0.39, 0.29) is 36.4 Å². The van der Waals surface area contributed by atoms with E-state index in [1.54, 1.807) is 0 Å². The number of nitriles is 1. The monoisotopic (exact) mass is 309 g/mol. The van der Waals surface area contributed by atoms with Crippen LogP contribution in [0, 0.1) is 23.2 Å². The second-order valence-electron chi connectivity index (χ2n) is 6.85. The molecule has 1 atom stereocenters. The summed E-state index contributed by atoms with van der Waals surface area (Å²) in [6.07, 6.45) is 4.81. The molecule has 0 spiro atoms. The zero-order valence-corrected chi connectivity index (χ0v) is 13.8. The molecule has 1 aliphatic rings. The average molecular weight is 309 g/mol. The molecule has 6 heteroatoms. The van der Waals surface area contributed by atoms with Crippen molar-refractivity contribution in [1.29, 1.82) is 5.26 Å². The fourth-order valence-electron chi connectivity index (χ4n) is 2.73. The molecule has 0 aromatic rings. The lowest BCUT2D eigenvalue weighted by molar-refractivity contribution is -0.128. The molecule has 22 heavy (non-hydrogen) atoms. The molecule has 0 heterocycles. The average Bonchev–Trinajstić information content (AvgIpc) is 2.44. The van der Waals surface area contributed by atoms with Crippen molar-refractivity contribution in [1.82, 2.24) is 10.6 Å². The third kappa shape index (κ3) is 6.79. The fourth-order valence-corrected chi connectivity index (χ4v) is 2.73. The van der Waals surface area contributed by atoms with E-state index in [9.17, 15) is 9.59 Å². The van der Waals surface area contributed by atoms with Gasteiger partial charge in [-0.2, -0.15) is 5.26 Å². The minimum atomic E-state index is -0.513. The van der Waals surface area contributed by atoms with Crippen LogP contribution in [0.25, 0.3) is 0 Å². The molecule has 124 valence electrons. The zero-order valence-electron chi connectivity index (χ0n) is 13.8. The van der Waals surface area contributed by atoms with Crippen molar-refractivity contribution >= 4 is 12.0 Å². The van der Waals surface area contributed by atoms with E-state index >= 15 is 0 Å². The molecule has 1 rings (SSSR count). The summed E-state index contributed by atoms with van der Waals surface area (Å²) in [6, 6.07) is 1.90. The molecule has 1 fully saturated rings. The number of rotatable bonds is 5. The molecule has 0 saturated heterocycles. The lowest BCUT2D eigenvalue weighted by atomic mass is 9.80. The third-order valence-corrected chi connectivity index (χ3v) is 3.77. The maximum Gasteiger partial charge on any atom is 0.407 e. The first-order valence-electron chi connectivity index (χ1n) is 7.93. The van der Waals surface area contributed by atoms with Crippen LogP contribution >= 0.6 is 0 Å². The van der Waals surface area contributed by atoms with Crippen molar-refractivity contribution in [2.75, 3.05) is 13.2 Å². The van der Waals surface area contributed by atoms with Crippen molar-refractivity contribution < 1.29 is 14.3 Å². The fraction of sp³-hybridized carbons (Fsp3) is 0.812. The molecule has 0 aliphatic heterocycles. The van der Waals surface area contributed by atoms with Gasteiger partial charge in [-0.1, -0.05) is 19.3 Å². The van der Waals surface area contributed by atoms with Crippen LogP contribution in [0.5, 0.6) is 0 Å². The summed E-state index contributed by atoms with van der Waals surface area (Å²) in [4.78, 5) is 24.0. The van der Waals surface area contributed by atoms with Gasteiger partial charge >= 0.3 is 6.09 Å². The second-order valence-corrected chi connectivity index (χ2v) is 6.85. The Morgan fingerprint density at radius 2 is 1.91 bits per heavy atom. The van der Waals surface area contributed by atoms with E-state index in [1.165, 1.54) is 6.42 Å². The third-order valence-electron chi connectivity index (χ3n) is 3.77. The summed E-state index contributed by atoms with van der Waals surface area (Å²) >= 11 is 0. The largest absolute Gasteiger partial charge is 0.449 e. The first kappa shape index (κ1) is 18.3. The van der Waals surface area contributed by atoms with Gasteiger partial charge in [0.2, 0.25) is 5.91 Å². The van der Waals surface area contributed by atoms with Crippen LogP contribution in [-0.2, 0) is 9.53 Å². The van der Waals surface area contributed by atoms with E-state index in [2.05, 4.69) is 10.6 Å². The Hall–Kier alpha value is -1.77. The van der Waals surface area contributed by atoms with Crippen LogP contribution in [-0.4, -0.2) is 30.7 Å². The number of hydrogen-bond donors (Lipinski definition) is 2. The smallest absolute Gasteiger partial charge is 0.407 e. The molecule has 1 saturated carbocycles. The Morgan fingerprint density at radius 3 is 2.45 bits per heavy atom. The Kier molecular flexibility index (Phi) is 7.16. The summed E-state index contributed by atoms with van der Waals surface area (Å²) in [7, 11) is 0. The van der Waals surface area contributed by atoms with Crippen molar-refractivity contribution in [3.05, 3.63) is 0 Å². The lowest BCUT2D eigenvalue weighted by Gasteiger charge is -2.29. The van der Waals surface area contributed by atoms with E-state index in [1.807, 2.05) is 26.8 Å². The van der Waals surface area contributed by atoms with E-state index in [4.69, 9.17) is 10.00 Å². The number of nitrogens with one attached hydrogen (secondary N) is 2. The molecule has 0 radical (unpaired) electrons. The van der Waals surface area contributed by atoms with Crippen LogP contribution in [0.15, 0.2) is 0 Å². The quantitative estimate of drug-likeness (QED) is 0.763. The van der Waals surface area contributed by atoms with Gasteiger partial charge in [0.25, 0.3) is 0 Å². The lowest BCUT2D eigenvalue weighted by Crippen LogP contribution is -2.43. The predicted molar refractivity (Wildman–Crippen MR) is 82.9 cm³/mol. The van der Waals surface area contributed by atoms with E-state index < -0.39 is 6.09 Å². The minimum Gasteiger partial charge on any atom is -0.449 e. The summed E-state index contributed by atoms with van der Waals surface area (Å²) < 4.78 is 5.24. The Morgan fingerprint density at radius 1 is 1.27 bits per heavy atom. The molecule has 2 N–H and O–H groups in total. The van der Waals surface area contributed by atoms with Crippen LogP contribution in [0.4, 0.5) is 4.79 Å². The number of nitrogens with zero attached hydrogens (tertiary/aromatic N) is 1. The first-order chi connectivity index (χ1) is 10.3. The topological polar surface area (TPSA) is 91.2 Å². The highest BCUT2D eigenvalue weighted by molar-refractivity contribution is 5.79. The number of carbonyl (C=O) groups is 2. The van der Waals surface area contributed by atoms with E-state index in [0.717, 1.165) is 25.7 Å². The SMILES string of the molecule is CC(C)(C)NC(=O)OCC(C(=O)NCC#N)C1CCCCC1. The zero-order chi connectivity index (χ0) is 16.6. The molecule has 0 bridgehead atoms. The molecular weight excluding hydrogens is 282 g/mol. The summed E-state index contributed by atoms with van der Waals surface area (Å²) in [5.41, 5.74) is -0.375. The first-order valence-corrected chi connectivity index (χ1v) is 7.93. The summed E-state index contributed by atoms with van der Waals surface area (Å²) in [5, 5.41) is 13.9. The highest BCUT2D eigenvalue weighted by Gasteiger charge is 2.31. The summed E-state index contributed by atoms with van der Waals surface area (Å²) in [6.45, 7) is 5.64. The van der Waals surface area contributed by atoms with Crippen LogP contribution < -0.4 is 10.6 Å². The van der Waals surface area contributed by atoms with Crippen molar-refractivity contribution in [2.24, 2.45) is 11.8 Å².